The van der Waals surface area contributed by atoms with E-state index in [4.69, 9.17) is 9.47 Å². The van der Waals surface area contributed by atoms with Crippen LogP contribution in [0.5, 0.6) is 0 Å². The number of rotatable bonds is 6. The summed E-state index contributed by atoms with van der Waals surface area (Å²) < 4.78 is 10.1. The number of nitrogens with zero attached hydrogens (tertiary/aromatic N) is 2. The Morgan fingerprint density at radius 3 is 2.50 bits per heavy atom. The molecule has 0 unspecified atom stereocenters. The quantitative estimate of drug-likeness (QED) is 0.686. The predicted molar refractivity (Wildman–Crippen MR) is 77.7 cm³/mol. The van der Waals surface area contributed by atoms with Crippen molar-refractivity contribution in [3.63, 3.8) is 0 Å². The van der Waals surface area contributed by atoms with Gasteiger partial charge in [0.2, 0.25) is 5.91 Å². The number of hydrogen-bond donors (Lipinski definition) is 0. The normalized spacial score (nSPS) is 22.6. The second-order valence-electron chi connectivity index (χ2n) is 5.98. The molecule has 0 aliphatic carbocycles. The first kappa shape index (κ1) is 15.7. The highest BCUT2D eigenvalue weighted by Gasteiger charge is 2.43. The van der Waals surface area contributed by atoms with Crippen molar-refractivity contribution in [2.45, 2.75) is 37.6 Å². The van der Waals surface area contributed by atoms with Crippen molar-refractivity contribution < 1.29 is 14.3 Å². The predicted octanol–water partition coefficient (Wildman–Crippen LogP) is 1.13. The fourth-order valence-corrected chi connectivity index (χ4v) is 3.70. The van der Waals surface area contributed by atoms with Gasteiger partial charge < -0.3 is 14.4 Å². The van der Waals surface area contributed by atoms with Gasteiger partial charge in [-0.25, -0.2) is 0 Å². The van der Waals surface area contributed by atoms with E-state index in [-0.39, 0.29) is 12.5 Å². The van der Waals surface area contributed by atoms with Crippen molar-refractivity contribution in [3.8, 4) is 0 Å². The molecular formula is C15H28N2O3. The lowest BCUT2D eigenvalue weighted by atomic mass is 9.85. The molecule has 2 fully saturated rings. The highest BCUT2D eigenvalue weighted by Crippen LogP contribution is 2.38. The molecule has 5 heteroatoms. The first-order valence-electron chi connectivity index (χ1n) is 7.72. The minimum absolute atomic E-state index is 0.131. The summed E-state index contributed by atoms with van der Waals surface area (Å²) in [5.41, 5.74) is 0.345. The fourth-order valence-electron chi connectivity index (χ4n) is 3.70. The van der Waals surface area contributed by atoms with Crippen LogP contribution in [0.3, 0.4) is 0 Å². The highest BCUT2D eigenvalue weighted by molar-refractivity contribution is 5.77. The van der Waals surface area contributed by atoms with Crippen LogP contribution in [0.1, 0.15) is 32.1 Å². The molecule has 0 aromatic rings. The number of amides is 1. The van der Waals surface area contributed by atoms with E-state index in [0.29, 0.717) is 5.54 Å². The largest absolute Gasteiger partial charge is 0.385 e. The van der Waals surface area contributed by atoms with Crippen LogP contribution in [0.15, 0.2) is 0 Å². The SMILES string of the molecule is COCCCN1CCCC12CCN(C(=O)COC)CC2. The fraction of sp³-hybridized carbons (Fsp3) is 0.933. The first-order chi connectivity index (χ1) is 9.72. The Bertz CT molecular complexity index is 314. The average molecular weight is 284 g/mol. The molecule has 2 aliphatic heterocycles. The van der Waals surface area contributed by atoms with E-state index in [9.17, 15) is 4.79 Å². The second kappa shape index (κ2) is 7.38. The molecule has 0 aromatic heterocycles. The molecule has 2 aliphatic rings. The Morgan fingerprint density at radius 1 is 1.10 bits per heavy atom. The number of carbonyl (C=O) groups is 1. The summed E-state index contributed by atoms with van der Waals surface area (Å²) in [6.45, 7) is 5.14. The maximum Gasteiger partial charge on any atom is 0.248 e. The minimum atomic E-state index is 0.131. The van der Waals surface area contributed by atoms with Crippen molar-refractivity contribution in [2.24, 2.45) is 0 Å². The Kier molecular flexibility index (Phi) is 5.81. The number of likely N-dealkylation sites (tertiary alicyclic amines) is 2. The lowest BCUT2D eigenvalue weighted by molar-refractivity contribution is -0.137. The number of piperidine rings is 1. The Balaban J connectivity index is 1.85. The second-order valence-corrected chi connectivity index (χ2v) is 5.98. The molecule has 116 valence electrons. The average Bonchev–Trinajstić information content (AvgIpc) is 2.83. The third-order valence-corrected chi connectivity index (χ3v) is 4.83. The summed E-state index contributed by atoms with van der Waals surface area (Å²) in [6.07, 6.45) is 5.89. The number of ether oxygens (including phenoxy) is 2. The van der Waals surface area contributed by atoms with E-state index in [1.165, 1.54) is 19.4 Å². The molecule has 0 aromatic carbocycles. The monoisotopic (exact) mass is 284 g/mol. The maximum atomic E-state index is 11.9. The van der Waals surface area contributed by atoms with Gasteiger partial charge in [0.1, 0.15) is 6.61 Å². The summed E-state index contributed by atoms with van der Waals surface area (Å²) in [7, 11) is 3.34. The van der Waals surface area contributed by atoms with Gasteiger partial charge in [0.25, 0.3) is 0 Å². The summed E-state index contributed by atoms with van der Waals surface area (Å²) in [4.78, 5) is 16.5. The maximum absolute atomic E-state index is 11.9. The third-order valence-electron chi connectivity index (χ3n) is 4.83. The topological polar surface area (TPSA) is 42.0 Å². The van der Waals surface area contributed by atoms with Crippen LogP contribution >= 0.6 is 0 Å². The standard InChI is InChI=1S/C15H28N2O3/c1-19-12-4-9-17-8-3-5-15(17)6-10-16(11-7-15)14(18)13-20-2/h3-13H2,1-2H3. The van der Waals surface area contributed by atoms with Crippen LogP contribution in [-0.2, 0) is 14.3 Å². The van der Waals surface area contributed by atoms with Crippen molar-refractivity contribution >= 4 is 5.91 Å². The molecule has 0 bridgehead atoms. The molecule has 20 heavy (non-hydrogen) atoms. The van der Waals surface area contributed by atoms with Crippen LogP contribution in [0, 0.1) is 0 Å². The van der Waals surface area contributed by atoms with Crippen LogP contribution in [0.25, 0.3) is 0 Å². The zero-order valence-electron chi connectivity index (χ0n) is 12.9. The molecule has 1 amide bonds. The van der Waals surface area contributed by atoms with Crippen molar-refractivity contribution in [2.75, 3.05) is 53.6 Å². The van der Waals surface area contributed by atoms with Gasteiger partial charge in [-0.05, 0) is 38.6 Å². The number of hydrogen-bond acceptors (Lipinski definition) is 4. The van der Waals surface area contributed by atoms with Crippen LogP contribution in [0.4, 0.5) is 0 Å². The number of carbonyl (C=O) groups excluding carboxylic acids is 1. The van der Waals surface area contributed by atoms with E-state index >= 15 is 0 Å². The lowest BCUT2D eigenvalue weighted by Gasteiger charge is -2.45. The molecule has 0 radical (unpaired) electrons. The van der Waals surface area contributed by atoms with Crippen LogP contribution in [0.2, 0.25) is 0 Å². The highest BCUT2D eigenvalue weighted by atomic mass is 16.5. The summed E-state index contributed by atoms with van der Waals surface area (Å²) in [5, 5.41) is 0. The third kappa shape index (κ3) is 3.51. The molecule has 0 saturated carbocycles. The molecular weight excluding hydrogens is 256 g/mol. The lowest BCUT2D eigenvalue weighted by Crippen LogP contribution is -2.54. The molecule has 1 spiro atoms. The zero-order valence-corrected chi connectivity index (χ0v) is 12.9. The van der Waals surface area contributed by atoms with Crippen LogP contribution < -0.4 is 0 Å². The molecule has 5 nitrogen and oxygen atoms in total. The smallest absolute Gasteiger partial charge is 0.248 e. The van der Waals surface area contributed by atoms with Gasteiger partial charge in [-0.2, -0.15) is 0 Å². The first-order valence-corrected chi connectivity index (χ1v) is 7.72. The zero-order chi connectivity index (χ0) is 14.4. The van der Waals surface area contributed by atoms with Gasteiger partial charge in [-0.3, -0.25) is 9.69 Å². The van der Waals surface area contributed by atoms with Gasteiger partial charge in [-0.15, -0.1) is 0 Å². The van der Waals surface area contributed by atoms with Gasteiger partial charge >= 0.3 is 0 Å². The summed E-state index contributed by atoms with van der Waals surface area (Å²) in [5.74, 6) is 0.131. The van der Waals surface area contributed by atoms with E-state index in [2.05, 4.69) is 4.90 Å². The van der Waals surface area contributed by atoms with Crippen molar-refractivity contribution in [3.05, 3.63) is 0 Å². The molecule has 0 atom stereocenters. The summed E-state index contributed by atoms with van der Waals surface area (Å²) in [6, 6.07) is 0. The van der Waals surface area contributed by atoms with E-state index in [0.717, 1.165) is 45.5 Å². The summed E-state index contributed by atoms with van der Waals surface area (Å²) >= 11 is 0. The van der Waals surface area contributed by atoms with Gasteiger partial charge in [0.05, 0.1) is 0 Å². The van der Waals surface area contributed by atoms with E-state index in [1.54, 1.807) is 14.2 Å². The van der Waals surface area contributed by atoms with Gasteiger partial charge in [0, 0.05) is 46.0 Å². The van der Waals surface area contributed by atoms with Crippen molar-refractivity contribution in [1.82, 2.24) is 9.80 Å². The molecule has 0 N–H and O–H groups in total. The Labute approximate surface area is 122 Å². The number of methoxy groups -OCH3 is 2. The Hall–Kier alpha value is -0.650. The van der Waals surface area contributed by atoms with Gasteiger partial charge in [-0.1, -0.05) is 0 Å². The van der Waals surface area contributed by atoms with E-state index < -0.39 is 0 Å². The molecule has 2 rings (SSSR count). The Morgan fingerprint density at radius 2 is 1.85 bits per heavy atom. The molecule has 2 heterocycles. The molecule has 2 saturated heterocycles. The van der Waals surface area contributed by atoms with Crippen molar-refractivity contribution in [1.29, 1.82) is 0 Å². The van der Waals surface area contributed by atoms with E-state index in [1.807, 2.05) is 4.90 Å². The van der Waals surface area contributed by atoms with Crippen LogP contribution in [-0.4, -0.2) is 74.9 Å². The van der Waals surface area contributed by atoms with Gasteiger partial charge in [0.15, 0.2) is 0 Å². The minimum Gasteiger partial charge on any atom is -0.385 e.